The summed E-state index contributed by atoms with van der Waals surface area (Å²) in [6.07, 6.45) is 7.49. The number of benzene rings is 2. The maximum atomic E-state index is 12.9. The molecule has 1 heterocycles. The molecule has 7 heteroatoms. The summed E-state index contributed by atoms with van der Waals surface area (Å²) in [7, 11) is 0. The Morgan fingerprint density at radius 2 is 1.88 bits per heavy atom. The van der Waals surface area contributed by atoms with Crippen molar-refractivity contribution < 1.29 is 14.3 Å². The molecule has 4 rings (SSSR count). The number of amides is 2. The Bertz CT molecular complexity index is 1040. The zero-order chi connectivity index (χ0) is 22.5. The van der Waals surface area contributed by atoms with E-state index in [1.165, 1.54) is 18.2 Å². The second-order valence-electron chi connectivity index (χ2n) is 8.06. The summed E-state index contributed by atoms with van der Waals surface area (Å²) in [5.41, 5.74) is 2.67. The molecule has 2 aromatic rings. The number of nitrogens with one attached hydrogen (secondary N) is 1. The van der Waals surface area contributed by atoms with Crippen molar-refractivity contribution in [3.8, 4) is 5.75 Å². The Hall–Kier alpha value is -2.64. The maximum absolute atomic E-state index is 12.9. The van der Waals surface area contributed by atoms with Gasteiger partial charge in [-0.25, -0.2) is 0 Å². The third-order valence-corrected chi connectivity index (χ3v) is 7.06. The van der Waals surface area contributed by atoms with E-state index in [0.29, 0.717) is 15.0 Å². The number of carbonyl (C=O) groups is 2. The number of thiocarbonyl (C=S) groups is 1. The minimum Gasteiger partial charge on any atom is -0.484 e. The van der Waals surface area contributed by atoms with Crippen LogP contribution in [0.2, 0.25) is 0 Å². The molecule has 1 aliphatic carbocycles. The molecule has 0 bridgehead atoms. The van der Waals surface area contributed by atoms with Gasteiger partial charge in [0, 0.05) is 11.7 Å². The summed E-state index contributed by atoms with van der Waals surface area (Å²) in [5, 5.41) is 2.85. The molecule has 2 aromatic carbocycles. The number of nitrogens with zero attached hydrogens (tertiary/aromatic N) is 1. The fourth-order valence-corrected chi connectivity index (χ4v) is 5.39. The number of anilines is 1. The van der Waals surface area contributed by atoms with E-state index in [-0.39, 0.29) is 24.5 Å². The molecule has 0 unspecified atom stereocenters. The van der Waals surface area contributed by atoms with Gasteiger partial charge in [-0.1, -0.05) is 73.6 Å². The summed E-state index contributed by atoms with van der Waals surface area (Å²) >= 11 is 6.87. The van der Waals surface area contributed by atoms with Crippen molar-refractivity contribution in [2.45, 2.75) is 45.1 Å². The predicted octanol–water partition coefficient (Wildman–Crippen LogP) is 5.55. The van der Waals surface area contributed by atoms with Gasteiger partial charge in [-0.2, -0.15) is 0 Å². The molecule has 0 radical (unpaired) electrons. The van der Waals surface area contributed by atoms with Crippen LogP contribution in [0.3, 0.4) is 0 Å². The van der Waals surface area contributed by atoms with Crippen LogP contribution in [0.25, 0.3) is 6.08 Å². The Labute approximate surface area is 198 Å². The van der Waals surface area contributed by atoms with Crippen LogP contribution in [0.15, 0.2) is 53.4 Å². The highest BCUT2D eigenvalue weighted by Gasteiger charge is 2.37. The summed E-state index contributed by atoms with van der Waals surface area (Å²) in [5.74, 6) is 0.395. The van der Waals surface area contributed by atoms with Crippen LogP contribution in [0.1, 0.15) is 43.2 Å². The molecule has 5 nitrogen and oxygen atoms in total. The molecule has 2 fully saturated rings. The van der Waals surface area contributed by atoms with Crippen LogP contribution in [-0.4, -0.2) is 33.7 Å². The predicted molar refractivity (Wildman–Crippen MR) is 134 cm³/mol. The number of hydrogen-bond acceptors (Lipinski definition) is 5. The monoisotopic (exact) mass is 466 g/mol. The van der Waals surface area contributed by atoms with Crippen LogP contribution < -0.4 is 10.1 Å². The summed E-state index contributed by atoms with van der Waals surface area (Å²) in [4.78, 5) is 27.6. The molecule has 166 valence electrons. The van der Waals surface area contributed by atoms with E-state index in [1.54, 1.807) is 12.1 Å². The lowest BCUT2D eigenvalue weighted by atomic mass is 9.94. The van der Waals surface area contributed by atoms with Crippen molar-refractivity contribution in [3.63, 3.8) is 0 Å². The van der Waals surface area contributed by atoms with Gasteiger partial charge in [0.1, 0.15) is 10.1 Å². The number of thioether (sulfide) groups is 1. The second kappa shape index (κ2) is 10.3. The highest BCUT2D eigenvalue weighted by Crippen LogP contribution is 2.37. The van der Waals surface area contributed by atoms with E-state index in [1.807, 2.05) is 54.3 Å². The first-order valence-electron chi connectivity index (χ1n) is 10.9. The first-order valence-corrected chi connectivity index (χ1v) is 12.1. The Kier molecular flexibility index (Phi) is 7.27. The number of para-hydroxylation sites is 1. The number of aryl methyl sites for hydroxylation is 1. The van der Waals surface area contributed by atoms with Gasteiger partial charge in [-0.15, -0.1) is 0 Å². The molecule has 0 atom stereocenters. The van der Waals surface area contributed by atoms with Crippen molar-refractivity contribution in [2.75, 3.05) is 11.9 Å². The summed E-state index contributed by atoms with van der Waals surface area (Å²) in [6.45, 7) is 1.87. The summed E-state index contributed by atoms with van der Waals surface area (Å²) < 4.78 is 6.27. The number of carbonyl (C=O) groups excluding carboxylic acids is 2. The highest BCUT2D eigenvalue weighted by atomic mass is 32.2. The molecular weight excluding hydrogens is 440 g/mol. The minimum absolute atomic E-state index is 0.0140. The van der Waals surface area contributed by atoms with Gasteiger partial charge >= 0.3 is 0 Å². The van der Waals surface area contributed by atoms with Gasteiger partial charge < -0.3 is 10.1 Å². The van der Waals surface area contributed by atoms with Crippen LogP contribution in [0.4, 0.5) is 5.69 Å². The molecule has 0 spiro atoms. The number of rotatable bonds is 6. The molecule has 1 N–H and O–H groups in total. The van der Waals surface area contributed by atoms with Crippen molar-refractivity contribution in [3.05, 3.63) is 64.6 Å². The van der Waals surface area contributed by atoms with Crippen LogP contribution >= 0.6 is 24.0 Å². The van der Waals surface area contributed by atoms with E-state index < -0.39 is 0 Å². The van der Waals surface area contributed by atoms with Gasteiger partial charge in [0.2, 0.25) is 0 Å². The van der Waals surface area contributed by atoms with E-state index in [9.17, 15) is 9.59 Å². The Balaban J connectivity index is 1.34. The van der Waals surface area contributed by atoms with Crippen molar-refractivity contribution in [1.82, 2.24) is 4.90 Å². The standard InChI is InChI=1S/C25H26N2O3S2/c1-17-7-5-6-10-21(17)26-23(28)16-30-20-13-11-18(12-14-20)15-22-24(29)27(25(31)32-22)19-8-3-2-4-9-19/h5-7,10-15,19H,2-4,8-9,16H2,1H3,(H,26,28). The molecule has 0 aromatic heterocycles. The topological polar surface area (TPSA) is 58.6 Å². The molecule has 1 saturated carbocycles. The number of ether oxygens (including phenoxy) is 1. The molecule has 2 amide bonds. The van der Waals surface area contributed by atoms with Crippen molar-refractivity contribution >= 4 is 51.9 Å². The lowest BCUT2D eigenvalue weighted by Gasteiger charge is -2.29. The quantitative estimate of drug-likeness (QED) is 0.447. The fourth-order valence-electron chi connectivity index (χ4n) is 3.99. The SMILES string of the molecule is Cc1ccccc1NC(=O)COc1ccc(C=C2SC(=S)N(C3CCCCC3)C2=O)cc1. The molecule has 1 aliphatic heterocycles. The molecule has 32 heavy (non-hydrogen) atoms. The molecule has 1 saturated heterocycles. The molecule has 2 aliphatic rings. The molecular formula is C25H26N2O3S2. The first kappa shape index (κ1) is 22.6. The first-order chi connectivity index (χ1) is 15.5. The lowest BCUT2D eigenvalue weighted by molar-refractivity contribution is -0.124. The van der Waals surface area contributed by atoms with Crippen LogP contribution in [0.5, 0.6) is 5.75 Å². The van der Waals surface area contributed by atoms with E-state index in [2.05, 4.69) is 5.32 Å². The van der Waals surface area contributed by atoms with Crippen LogP contribution in [0, 0.1) is 6.92 Å². The normalized spacial score (nSPS) is 18.3. The Morgan fingerprint density at radius 3 is 2.59 bits per heavy atom. The van der Waals surface area contributed by atoms with E-state index in [0.717, 1.165) is 42.5 Å². The lowest BCUT2D eigenvalue weighted by Crippen LogP contribution is -2.39. The zero-order valence-corrected chi connectivity index (χ0v) is 19.6. The largest absolute Gasteiger partial charge is 0.484 e. The fraction of sp³-hybridized carbons (Fsp3) is 0.320. The van der Waals surface area contributed by atoms with Gasteiger partial charge in [0.25, 0.3) is 11.8 Å². The van der Waals surface area contributed by atoms with Gasteiger partial charge in [0.15, 0.2) is 6.61 Å². The third-order valence-electron chi connectivity index (χ3n) is 5.73. The van der Waals surface area contributed by atoms with Gasteiger partial charge in [-0.05, 0) is 55.2 Å². The average Bonchev–Trinajstić information content (AvgIpc) is 3.08. The second-order valence-corrected chi connectivity index (χ2v) is 9.74. The van der Waals surface area contributed by atoms with E-state index in [4.69, 9.17) is 17.0 Å². The number of hydrogen-bond donors (Lipinski definition) is 1. The maximum Gasteiger partial charge on any atom is 0.266 e. The minimum atomic E-state index is -0.213. The average molecular weight is 467 g/mol. The Morgan fingerprint density at radius 1 is 1.16 bits per heavy atom. The van der Waals surface area contributed by atoms with Crippen LogP contribution in [-0.2, 0) is 9.59 Å². The zero-order valence-electron chi connectivity index (χ0n) is 18.0. The smallest absolute Gasteiger partial charge is 0.266 e. The van der Waals surface area contributed by atoms with Crippen molar-refractivity contribution in [1.29, 1.82) is 0 Å². The third kappa shape index (κ3) is 5.40. The van der Waals surface area contributed by atoms with E-state index >= 15 is 0 Å². The van der Waals surface area contributed by atoms with Crippen molar-refractivity contribution in [2.24, 2.45) is 0 Å². The van der Waals surface area contributed by atoms with Gasteiger partial charge in [0.05, 0.1) is 4.91 Å². The highest BCUT2D eigenvalue weighted by molar-refractivity contribution is 8.26. The summed E-state index contributed by atoms with van der Waals surface area (Å²) in [6, 6.07) is 15.2. The van der Waals surface area contributed by atoms with Gasteiger partial charge in [-0.3, -0.25) is 14.5 Å².